The summed E-state index contributed by atoms with van der Waals surface area (Å²) in [7, 11) is 0. The molecule has 0 aromatic carbocycles. The van der Waals surface area contributed by atoms with E-state index in [0.29, 0.717) is 42.9 Å². The van der Waals surface area contributed by atoms with Crippen molar-refractivity contribution in [1.82, 2.24) is 14.7 Å². The van der Waals surface area contributed by atoms with E-state index in [-0.39, 0.29) is 23.4 Å². The summed E-state index contributed by atoms with van der Waals surface area (Å²) in [6.45, 7) is 4.08. The molecule has 0 bridgehead atoms. The molecule has 3 aromatic rings. The van der Waals surface area contributed by atoms with Gasteiger partial charge in [-0.05, 0) is 61.1 Å². The number of aromatic nitrogens is 2. The first-order valence-corrected chi connectivity index (χ1v) is 11.6. The van der Waals surface area contributed by atoms with E-state index < -0.39 is 17.3 Å². The summed E-state index contributed by atoms with van der Waals surface area (Å²) < 4.78 is 16.7. The van der Waals surface area contributed by atoms with Crippen molar-refractivity contribution in [3.8, 4) is 0 Å². The SMILES string of the molecule is Cc1c(N2CC(CN)C(NCc3cccnc3)C2)c(F)cn2c(=O)c(C(=O)O)cc(C3CC3)c12. The first kappa shape index (κ1) is 22.5. The zero-order chi connectivity index (χ0) is 24.0. The van der Waals surface area contributed by atoms with E-state index >= 15 is 4.39 Å². The second kappa shape index (κ2) is 8.81. The number of aryl methyl sites for hydroxylation is 1. The van der Waals surface area contributed by atoms with E-state index in [1.54, 1.807) is 6.20 Å². The summed E-state index contributed by atoms with van der Waals surface area (Å²) in [4.78, 5) is 30.6. The Hall–Kier alpha value is -3.30. The van der Waals surface area contributed by atoms with Crippen LogP contribution in [-0.2, 0) is 6.54 Å². The number of carboxylic acids is 1. The van der Waals surface area contributed by atoms with Crippen LogP contribution in [0, 0.1) is 18.7 Å². The fraction of sp³-hybridized carbons (Fsp3) is 0.400. The quantitative estimate of drug-likeness (QED) is 0.491. The van der Waals surface area contributed by atoms with Crippen molar-refractivity contribution in [3.63, 3.8) is 0 Å². The van der Waals surface area contributed by atoms with Crippen molar-refractivity contribution in [3.05, 3.63) is 75.2 Å². The van der Waals surface area contributed by atoms with E-state index in [1.807, 2.05) is 30.2 Å². The highest BCUT2D eigenvalue weighted by Crippen LogP contribution is 2.44. The molecule has 4 N–H and O–H groups in total. The maximum absolute atomic E-state index is 15.5. The molecule has 0 radical (unpaired) electrons. The van der Waals surface area contributed by atoms with Gasteiger partial charge in [0.1, 0.15) is 5.56 Å². The molecular weight excluding hydrogens is 437 g/mol. The number of fused-ring (bicyclic) bond motifs is 1. The maximum atomic E-state index is 15.5. The predicted octanol–water partition coefficient (Wildman–Crippen LogP) is 2.27. The van der Waals surface area contributed by atoms with E-state index in [9.17, 15) is 14.7 Å². The summed E-state index contributed by atoms with van der Waals surface area (Å²) in [5.74, 6) is -1.52. The van der Waals surface area contributed by atoms with Crippen molar-refractivity contribution in [2.75, 3.05) is 24.5 Å². The number of nitrogens with zero attached hydrogens (tertiary/aromatic N) is 3. The molecule has 4 heterocycles. The number of nitrogens with two attached hydrogens (primary N) is 1. The summed E-state index contributed by atoms with van der Waals surface area (Å²) in [6, 6.07) is 5.44. The minimum absolute atomic E-state index is 0.0692. The number of hydrogen-bond donors (Lipinski definition) is 3. The molecule has 34 heavy (non-hydrogen) atoms. The summed E-state index contributed by atoms with van der Waals surface area (Å²) in [5.41, 5.74) is 8.61. The minimum Gasteiger partial charge on any atom is -0.477 e. The number of carboxylic acid groups (broad SMARTS) is 1. The lowest BCUT2D eigenvalue weighted by Gasteiger charge is -2.24. The van der Waals surface area contributed by atoms with Crippen LogP contribution in [0.1, 0.15) is 45.8 Å². The minimum atomic E-state index is -1.30. The Bertz CT molecular complexity index is 1310. The first-order chi connectivity index (χ1) is 16.4. The second-order valence-corrected chi connectivity index (χ2v) is 9.32. The molecule has 1 saturated carbocycles. The van der Waals surface area contributed by atoms with Gasteiger partial charge in [-0.25, -0.2) is 9.18 Å². The lowest BCUT2D eigenvalue weighted by atomic mass is 10.0. The van der Waals surface area contributed by atoms with Crippen LogP contribution in [0.15, 0.2) is 41.6 Å². The highest BCUT2D eigenvalue weighted by molar-refractivity contribution is 5.89. The summed E-state index contributed by atoms with van der Waals surface area (Å²) >= 11 is 0. The van der Waals surface area contributed by atoms with Crippen LogP contribution in [-0.4, -0.2) is 46.1 Å². The monoisotopic (exact) mass is 465 g/mol. The molecule has 5 rings (SSSR count). The molecule has 178 valence electrons. The number of aromatic carboxylic acids is 1. The Morgan fingerprint density at radius 3 is 2.79 bits per heavy atom. The van der Waals surface area contributed by atoms with Crippen LogP contribution in [0.4, 0.5) is 10.1 Å². The lowest BCUT2D eigenvalue weighted by molar-refractivity contribution is 0.0694. The third-order valence-electron chi connectivity index (χ3n) is 7.04. The fourth-order valence-corrected chi connectivity index (χ4v) is 5.16. The molecule has 2 unspecified atom stereocenters. The van der Waals surface area contributed by atoms with Crippen molar-refractivity contribution in [2.45, 2.75) is 38.3 Å². The van der Waals surface area contributed by atoms with Gasteiger partial charge in [-0.1, -0.05) is 6.07 Å². The predicted molar refractivity (Wildman–Crippen MR) is 127 cm³/mol. The van der Waals surface area contributed by atoms with Crippen LogP contribution in [0.3, 0.4) is 0 Å². The lowest BCUT2D eigenvalue weighted by Crippen LogP contribution is -2.38. The Labute approximate surface area is 196 Å². The maximum Gasteiger partial charge on any atom is 0.341 e. The standard InChI is InChI=1S/C25H28FN5O3/c1-14-22-18(16-4-5-16)7-19(25(33)34)24(32)31(22)12-20(26)23(14)30-11-17(8-27)21(13-30)29-10-15-3-2-6-28-9-15/h2-3,6-7,9,12,16-17,21,29H,4-5,8,10-11,13,27H2,1H3,(H,33,34). The number of halogens is 1. The molecule has 1 aliphatic heterocycles. The summed E-state index contributed by atoms with van der Waals surface area (Å²) in [5, 5.41) is 13.0. The molecule has 2 fully saturated rings. The van der Waals surface area contributed by atoms with Crippen LogP contribution in [0.2, 0.25) is 0 Å². The van der Waals surface area contributed by atoms with Crippen molar-refractivity contribution < 1.29 is 14.3 Å². The number of rotatable bonds is 7. The molecule has 0 amide bonds. The van der Waals surface area contributed by atoms with E-state index in [4.69, 9.17) is 5.73 Å². The first-order valence-electron chi connectivity index (χ1n) is 11.6. The zero-order valence-corrected chi connectivity index (χ0v) is 19.0. The van der Waals surface area contributed by atoms with Gasteiger partial charge in [0.15, 0.2) is 5.82 Å². The Balaban J connectivity index is 1.52. The van der Waals surface area contributed by atoms with Gasteiger partial charge >= 0.3 is 5.97 Å². The van der Waals surface area contributed by atoms with Gasteiger partial charge in [0.2, 0.25) is 0 Å². The van der Waals surface area contributed by atoms with Crippen LogP contribution in [0.25, 0.3) is 5.52 Å². The largest absolute Gasteiger partial charge is 0.477 e. The molecule has 0 spiro atoms. The number of nitrogens with one attached hydrogen (secondary N) is 1. The topological polar surface area (TPSA) is 113 Å². The molecule has 3 aromatic heterocycles. The van der Waals surface area contributed by atoms with Gasteiger partial charge < -0.3 is 21.1 Å². The van der Waals surface area contributed by atoms with Crippen molar-refractivity contribution >= 4 is 17.2 Å². The number of anilines is 1. The Morgan fingerprint density at radius 1 is 1.35 bits per heavy atom. The summed E-state index contributed by atoms with van der Waals surface area (Å²) in [6.07, 6.45) is 6.55. The average molecular weight is 466 g/mol. The van der Waals surface area contributed by atoms with Crippen molar-refractivity contribution in [2.24, 2.45) is 11.7 Å². The van der Waals surface area contributed by atoms with Crippen LogP contribution < -0.4 is 21.5 Å². The molecule has 2 aliphatic rings. The van der Waals surface area contributed by atoms with E-state index in [2.05, 4.69) is 10.3 Å². The molecule has 2 atom stereocenters. The van der Waals surface area contributed by atoms with E-state index in [0.717, 1.165) is 30.2 Å². The highest BCUT2D eigenvalue weighted by Gasteiger charge is 2.35. The van der Waals surface area contributed by atoms with Gasteiger partial charge in [0.05, 0.1) is 17.4 Å². The number of hydrogen-bond acceptors (Lipinski definition) is 6. The van der Waals surface area contributed by atoms with Gasteiger partial charge in [0.25, 0.3) is 5.56 Å². The Kier molecular flexibility index (Phi) is 5.83. The zero-order valence-electron chi connectivity index (χ0n) is 19.0. The molecular formula is C25H28FN5O3. The second-order valence-electron chi connectivity index (χ2n) is 9.32. The molecule has 1 saturated heterocycles. The fourth-order valence-electron chi connectivity index (χ4n) is 5.16. The highest BCUT2D eigenvalue weighted by atomic mass is 19.1. The van der Waals surface area contributed by atoms with Gasteiger partial charge in [-0.15, -0.1) is 0 Å². The van der Waals surface area contributed by atoms with Gasteiger partial charge in [-0.2, -0.15) is 0 Å². The smallest absolute Gasteiger partial charge is 0.341 e. The molecule has 9 heteroatoms. The third kappa shape index (κ3) is 3.95. The normalized spacial score (nSPS) is 20.3. The molecule has 8 nitrogen and oxygen atoms in total. The van der Waals surface area contributed by atoms with Crippen molar-refractivity contribution in [1.29, 1.82) is 0 Å². The molecule has 1 aliphatic carbocycles. The average Bonchev–Trinajstić information content (AvgIpc) is 3.59. The van der Waals surface area contributed by atoms with Gasteiger partial charge in [-0.3, -0.25) is 14.2 Å². The number of pyridine rings is 3. The van der Waals surface area contributed by atoms with Crippen LogP contribution in [0.5, 0.6) is 0 Å². The Morgan fingerprint density at radius 2 is 2.15 bits per heavy atom. The third-order valence-corrected chi connectivity index (χ3v) is 7.04. The van der Waals surface area contributed by atoms with Crippen LogP contribution >= 0.6 is 0 Å². The van der Waals surface area contributed by atoms with Gasteiger partial charge in [0, 0.05) is 44.0 Å². The number of carbonyl (C=O) groups is 1. The van der Waals surface area contributed by atoms with E-state index in [1.165, 1.54) is 10.5 Å².